The van der Waals surface area contributed by atoms with Crippen molar-refractivity contribution in [2.75, 3.05) is 7.11 Å². The second-order valence-electron chi connectivity index (χ2n) is 8.04. The lowest BCUT2D eigenvalue weighted by atomic mass is 10.1. The van der Waals surface area contributed by atoms with Crippen molar-refractivity contribution in [1.29, 1.82) is 0 Å². The first-order valence-corrected chi connectivity index (χ1v) is 11.4. The smallest absolute Gasteiger partial charge is 0.343 e. The molecule has 0 saturated carbocycles. The van der Waals surface area contributed by atoms with Crippen molar-refractivity contribution in [1.82, 2.24) is 0 Å². The Hall–Kier alpha value is -5.24. The molecule has 0 aromatic heterocycles. The molecular formula is C30H22O8. The van der Waals surface area contributed by atoms with E-state index in [1.54, 1.807) is 42.5 Å². The van der Waals surface area contributed by atoms with Gasteiger partial charge in [-0.05, 0) is 67.6 Å². The van der Waals surface area contributed by atoms with Gasteiger partial charge in [0, 0.05) is 17.7 Å². The van der Waals surface area contributed by atoms with Gasteiger partial charge in [0.15, 0.2) is 5.78 Å². The molecule has 4 aromatic rings. The standard InChI is InChI=1S/C30H22O8/c1-19(31)22-6-3-7-23(16-22)30(34)38-27-11-5-10-26(18-27)37-29(33)21-14-12-20(13-15-21)28(32)36-25-9-4-8-24(17-25)35-2/h3-18H,1-2H3. The molecule has 0 saturated heterocycles. The Kier molecular flexibility index (Phi) is 7.93. The molecule has 38 heavy (non-hydrogen) atoms. The molecule has 8 nitrogen and oxygen atoms in total. The SMILES string of the molecule is COc1cccc(OC(=O)c2ccc(C(=O)Oc3cccc(OC(=O)c4cccc(C(C)=O)c4)c3)cc2)c1. The molecule has 0 heterocycles. The van der Waals surface area contributed by atoms with Crippen LogP contribution in [-0.4, -0.2) is 30.8 Å². The first-order valence-electron chi connectivity index (χ1n) is 11.4. The molecule has 4 rings (SSSR count). The van der Waals surface area contributed by atoms with Crippen molar-refractivity contribution in [3.63, 3.8) is 0 Å². The van der Waals surface area contributed by atoms with Gasteiger partial charge in [-0.25, -0.2) is 14.4 Å². The Morgan fingerprint density at radius 2 is 0.868 bits per heavy atom. The van der Waals surface area contributed by atoms with Crippen LogP contribution in [0.15, 0.2) is 97.1 Å². The van der Waals surface area contributed by atoms with Gasteiger partial charge >= 0.3 is 17.9 Å². The van der Waals surface area contributed by atoms with Gasteiger partial charge in [0.25, 0.3) is 0 Å². The molecule has 0 spiro atoms. The van der Waals surface area contributed by atoms with Crippen molar-refractivity contribution in [3.8, 4) is 23.0 Å². The molecule has 0 bridgehead atoms. The molecule has 0 unspecified atom stereocenters. The predicted molar refractivity (Wildman–Crippen MR) is 137 cm³/mol. The fourth-order valence-electron chi connectivity index (χ4n) is 3.37. The Bertz CT molecular complexity index is 1500. The average Bonchev–Trinajstić information content (AvgIpc) is 2.93. The minimum absolute atomic E-state index is 0.152. The van der Waals surface area contributed by atoms with Crippen LogP contribution in [0.4, 0.5) is 0 Å². The van der Waals surface area contributed by atoms with Crippen LogP contribution in [0.2, 0.25) is 0 Å². The van der Waals surface area contributed by atoms with Crippen molar-refractivity contribution in [2.45, 2.75) is 6.92 Å². The number of hydrogen-bond donors (Lipinski definition) is 0. The molecule has 0 aliphatic heterocycles. The zero-order valence-electron chi connectivity index (χ0n) is 20.5. The molecule has 8 heteroatoms. The van der Waals surface area contributed by atoms with E-state index in [9.17, 15) is 19.2 Å². The number of carbonyl (C=O) groups is 4. The topological polar surface area (TPSA) is 105 Å². The predicted octanol–water partition coefficient (Wildman–Crippen LogP) is 5.56. The van der Waals surface area contributed by atoms with Crippen molar-refractivity contribution < 1.29 is 38.1 Å². The van der Waals surface area contributed by atoms with Crippen LogP contribution >= 0.6 is 0 Å². The zero-order valence-corrected chi connectivity index (χ0v) is 20.5. The highest BCUT2D eigenvalue weighted by molar-refractivity contribution is 5.98. The first kappa shape index (κ1) is 25.8. The summed E-state index contributed by atoms with van der Waals surface area (Å²) in [6.07, 6.45) is 0. The van der Waals surface area contributed by atoms with Gasteiger partial charge in [0.2, 0.25) is 0 Å². The highest BCUT2D eigenvalue weighted by atomic mass is 16.5. The molecule has 190 valence electrons. The third-order valence-electron chi connectivity index (χ3n) is 5.34. The van der Waals surface area contributed by atoms with E-state index in [0.717, 1.165) is 0 Å². The van der Waals surface area contributed by atoms with Crippen molar-refractivity contribution in [3.05, 3.63) is 119 Å². The molecule has 0 N–H and O–H groups in total. The largest absolute Gasteiger partial charge is 0.497 e. The van der Waals surface area contributed by atoms with E-state index in [1.165, 1.54) is 68.6 Å². The summed E-state index contributed by atoms with van der Waals surface area (Å²) < 4.78 is 21.2. The summed E-state index contributed by atoms with van der Waals surface area (Å²) in [7, 11) is 1.51. The summed E-state index contributed by atoms with van der Waals surface area (Å²) in [5.41, 5.74) is 1.05. The number of ketones is 1. The third kappa shape index (κ3) is 6.50. The van der Waals surface area contributed by atoms with Crippen LogP contribution in [0.5, 0.6) is 23.0 Å². The lowest BCUT2D eigenvalue weighted by Gasteiger charge is -2.09. The second kappa shape index (κ2) is 11.7. The molecule has 0 amide bonds. The second-order valence-corrected chi connectivity index (χ2v) is 8.04. The van der Waals surface area contributed by atoms with E-state index >= 15 is 0 Å². The fourth-order valence-corrected chi connectivity index (χ4v) is 3.37. The first-order chi connectivity index (χ1) is 18.3. The average molecular weight is 510 g/mol. The van der Waals surface area contributed by atoms with E-state index in [1.807, 2.05) is 0 Å². The molecule has 0 radical (unpaired) electrons. The summed E-state index contributed by atoms with van der Waals surface area (Å²) in [4.78, 5) is 49.1. The number of esters is 3. The maximum Gasteiger partial charge on any atom is 0.343 e. The Morgan fingerprint density at radius 3 is 1.34 bits per heavy atom. The van der Waals surface area contributed by atoms with E-state index in [4.69, 9.17) is 18.9 Å². The van der Waals surface area contributed by atoms with Crippen LogP contribution in [0.25, 0.3) is 0 Å². The summed E-state index contributed by atoms with van der Waals surface area (Å²) in [6.45, 7) is 1.41. The van der Waals surface area contributed by atoms with Gasteiger partial charge in [-0.1, -0.05) is 24.3 Å². The van der Waals surface area contributed by atoms with E-state index < -0.39 is 17.9 Å². The monoisotopic (exact) mass is 510 g/mol. The van der Waals surface area contributed by atoms with Gasteiger partial charge in [-0.2, -0.15) is 0 Å². The molecule has 4 aromatic carbocycles. The van der Waals surface area contributed by atoms with Gasteiger partial charge in [-0.3, -0.25) is 4.79 Å². The van der Waals surface area contributed by atoms with E-state index in [-0.39, 0.29) is 34.0 Å². The minimum atomic E-state index is -0.671. The van der Waals surface area contributed by atoms with Gasteiger partial charge < -0.3 is 18.9 Å². The summed E-state index contributed by atoms with van der Waals surface area (Å²) in [6, 6.07) is 24.6. The number of carbonyl (C=O) groups excluding carboxylic acids is 4. The van der Waals surface area contributed by atoms with Crippen LogP contribution in [0.1, 0.15) is 48.4 Å². The molecule has 0 aliphatic carbocycles. The highest BCUT2D eigenvalue weighted by Gasteiger charge is 2.15. The van der Waals surface area contributed by atoms with Crippen LogP contribution in [0, 0.1) is 0 Å². The summed E-state index contributed by atoms with van der Waals surface area (Å²) in [5, 5.41) is 0. The van der Waals surface area contributed by atoms with Gasteiger partial charge in [-0.15, -0.1) is 0 Å². The zero-order chi connectivity index (χ0) is 27.1. The van der Waals surface area contributed by atoms with Crippen LogP contribution in [0.3, 0.4) is 0 Å². The molecular weight excluding hydrogens is 488 g/mol. The summed E-state index contributed by atoms with van der Waals surface area (Å²) in [5.74, 6) is -0.914. The minimum Gasteiger partial charge on any atom is -0.497 e. The Morgan fingerprint density at radius 1 is 0.474 bits per heavy atom. The van der Waals surface area contributed by atoms with Crippen LogP contribution in [-0.2, 0) is 0 Å². The van der Waals surface area contributed by atoms with Crippen LogP contribution < -0.4 is 18.9 Å². The normalized spacial score (nSPS) is 10.3. The number of hydrogen-bond acceptors (Lipinski definition) is 8. The van der Waals surface area contributed by atoms with Gasteiger partial charge in [0.05, 0.1) is 23.8 Å². The summed E-state index contributed by atoms with van der Waals surface area (Å²) >= 11 is 0. The fraction of sp³-hybridized carbons (Fsp3) is 0.0667. The maximum atomic E-state index is 12.6. The Balaban J connectivity index is 1.38. The van der Waals surface area contributed by atoms with Gasteiger partial charge in [0.1, 0.15) is 23.0 Å². The lowest BCUT2D eigenvalue weighted by Crippen LogP contribution is -2.12. The number of Topliss-reactive ketones (excluding diaryl/α,β-unsaturated/α-hetero) is 1. The maximum absolute atomic E-state index is 12.6. The molecule has 0 aliphatic rings. The van der Waals surface area contributed by atoms with Crippen molar-refractivity contribution >= 4 is 23.7 Å². The quantitative estimate of drug-likeness (QED) is 0.172. The number of methoxy groups -OCH3 is 1. The highest BCUT2D eigenvalue weighted by Crippen LogP contribution is 2.23. The Labute approximate surface area is 218 Å². The molecule has 0 atom stereocenters. The number of rotatable bonds is 8. The third-order valence-corrected chi connectivity index (χ3v) is 5.34. The van der Waals surface area contributed by atoms with E-state index in [2.05, 4.69) is 0 Å². The molecule has 0 fully saturated rings. The number of ether oxygens (including phenoxy) is 4. The lowest BCUT2D eigenvalue weighted by molar-refractivity contribution is 0.0716. The van der Waals surface area contributed by atoms with E-state index in [0.29, 0.717) is 17.1 Å². The number of benzene rings is 4. The van der Waals surface area contributed by atoms with Crippen molar-refractivity contribution in [2.24, 2.45) is 0 Å².